The molecule has 1 amide bonds. The lowest BCUT2D eigenvalue weighted by Crippen LogP contribution is -2.58. The Bertz CT molecular complexity index is 1450. The van der Waals surface area contributed by atoms with E-state index in [1.807, 2.05) is 32.9 Å². The summed E-state index contributed by atoms with van der Waals surface area (Å²) in [6.45, 7) is 6.79. The number of piperazine rings is 1. The average Bonchev–Trinajstić information content (AvgIpc) is 2.93. The molecule has 0 aliphatic carbocycles. The minimum Gasteiger partial charge on any atom is -0.324 e. The van der Waals surface area contributed by atoms with Gasteiger partial charge in [0.1, 0.15) is 5.82 Å². The van der Waals surface area contributed by atoms with Gasteiger partial charge in [0, 0.05) is 47.4 Å². The van der Waals surface area contributed by atoms with Crippen LogP contribution in [0.4, 0.5) is 10.1 Å². The number of hydrogen-bond donors (Lipinski definition) is 3. The van der Waals surface area contributed by atoms with Crippen LogP contribution in [-0.2, 0) is 21.2 Å². The zero-order valence-corrected chi connectivity index (χ0v) is 25.1. The summed E-state index contributed by atoms with van der Waals surface area (Å²) in [6, 6.07) is 18.6. The number of benzene rings is 3. The third-order valence-electron chi connectivity index (χ3n) is 7.68. The monoisotopic (exact) mass is 600 g/mol. The van der Waals surface area contributed by atoms with Crippen LogP contribution in [-0.4, -0.2) is 49.8 Å². The minimum atomic E-state index is -3.76. The summed E-state index contributed by atoms with van der Waals surface area (Å²) >= 11 is 6.20. The van der Waals surface area contributed by atoms with Crippen LogP contribution in [0.1, 0.15) is 44.2 Å². The van der Waals surface area contributed by atoms with Crippen LogP contribution in [0.2, 0.25) is 5.02 Å². The number of hydrogen-bond acceptors (Lipinski definition) is 5. The molecular formula is C31H38ClFN4O3S. The molecule has 0 spiro atoms. The van der Waals surface area contributed by atoms with Gasteiger partial charge in [-0.1, -0.05) is 61.8 Å². The molecule has 3 aromatic rings. The van der Waals surface area contributed by atoms with Gasteiger partial charge in [0.2, 0.25) is 15.9 Å². The van der Waals surface area contributed by atoms with Gasteiger partial charge in [0.05, 0.1) is 10.9 Å². The summed E-state index contributed by atoms with van der Waals surface area (Å²) < 4.78 is 43.9. The molecule has 4 N–H and O–H groups in total. The second-order valence-corrected chi connectivity index (χ2v) is 13.2. The third kappa shape index (κ3) is 7.16. The molecule has 41 heavy (non-hydrogen) atoms. The fraction of sp³-hybridized carbons (Fsp3) is 0.387. The van der Waals surface area contributed by atoms with Gasteiger partial charge < -0.3 is 16.4 Å². The Morgan fingerprint density at radius 2 is 1.80 bits per heavy atom. The van der Waals surface area contributed by atoms with Crippen LogP contribution in [0, 0.1) is 11.7 Å². The van der Waals surface area contributed by atoms with Gasteiger partial charge in [0.15, 0.2) is 0 Å². The summed E-state index contributed by atoms with van der Waals surface area (Å²) in [7, 11) is -3.76. The zero-order chi connectivity index (χ0) is 29.7. The number of carbonyl (C=O) groups excluding carboxylic acids is 1. The lowest BCUT2D eigenvalue weighted by atomic mass is 9.82. The molecule has 0 unspecified atom stereocenters. The molecule has 1 fully saturated rings. The van der Waals surface area contributed by atoms with Crippen molar-refractivity contribution in [3.05, 3.63) is 94.8 Å². The van der Waals surface area contributed by atoms with Gasteiger partial charge in [0.25, 0.3) is 0 Å². The highest BCUT2D eigenvalue weighted by molar-refractivity contribution is 7.89. The topological polar surface area (TPSA) is 105 Å². The number of nitrogens with two attached hydrogens (primary N) is 1. The van der Waals surface area contributed by atoms with E-state index in [0.29, 0.717) is 35.8 Å². The van der Waals surface area contributed by atoms with E-state index >= 15 is 4.39 Å². The maximum absolute atomic E-state index is 15.2. The molecule has 3 aromatic carbocycles. The molecule has 4 atom stereocenters. The molecule has 10 heteroatoms. The molecule has 0 bridgehead atoms. The molecule has 7 nitrogen and oxygen atoms in total. The molecule has 220 valence electrons. The van der Waals surface area contributed by atoms with E-state index in [1.165, 1.54) is 16.4 Å². The Morgan fingerprint density at radius 1 is 1.10 bits per heavy atom. The number of nitrogens with one attached hydrogen (secondary N) is 2. The highest BCUT2D eigenvalue weighted by Crippen LogP contribution is 2.31. The summed E-state index contributed by atoms with van der Waals surface area (Å²) in [4.78, 5) is 13.6. The van der Waals surface area contributed by atoms with Crippen molar-refractivity contribution in [3.63, 3.8) is 0 Å². The molecule has 1 heterocycles. The number of carbonyl (C=O) groups is 1. The van der Waals surface area contributed by atoms with Gasteiger partial charge >= 0.3 is 0 Å². The average molecular weight is 601 g/mol. The first kappa shape index (κ1) is 31.1. The maximum Gasteiger partial charge on any atom is 0.243 e. The van der Waals surface area contributed by atoms with E-state index in [0.717, 1.165) is 5.56 Å². The molecule has 1 aliphatic rings. The lowest BCUT2D eigenvalue weighted by molar-refractivity contribution is -0.118. The summed E-state index contributed by atoms with van der Waals surface area (Å²) in [6.07, 6.45) is 0.579. The fourth-order valence-electron chi connectivity index (χ4n) is 5.72. The molecular weight excluding hydrogens is 563 g/mol. The minimum absolute atomic E-state index is 0.0412. The molecule has 0 radical (unpaired) electrons. The highest BCUT2D eigenvalue weighted by Gasteiger charge is 2.38. The number of halogens is 2. The predicted octanol–water partition coefficient (Wildman–Crippen LogP) is 5.17. The smallest absolute Gasteiger partial charge is 0.243 e. The number of rotatable bonds is 10. The van der Waals surface area contributed by atoms with Crippen LogP contribution in [0.3, 0.4) is 0 Å². The molecule has 0 aromatic heterocycles. The van der Waals surface area contributed by atoms with E-state index in [9.17, 15) is 13.2 Å². The fourth-order valence-corrected chi connectivity index (χ4v) is 7.78. The van der Waals surface area contributed by atoms with Gasteiger partial charge in [-0.3, -0.25) is 4.79 Å². The van der Waals surface area contributed by atoms with E-state index < -0.39 is 33.8 Å². The SMILES string of the molecule is CC(C)[C@H](c1cccc(Cl)c1)[C@H](N)C(=O)Nc1cccc(F)c1CC[C@H]1CNC[C@H](C)N1S(=O)(=O)c1ccccc1. The largest absolute Gasteiger partial charge is 0.324 e. The standard InChI is InChI=1S/C31H38ClFN4O3S/c1-20(2)29(22-9-7-10-23(32)17-22)30(34)31(38)36-28-14-8-13-27(33)26(28)16-15-24-19-35-18-21(3)37(24)41(39,40)25-11-5-4-6-12-25/h4-14,17,20-21,24,29-30,35H,15-16,18-19,34H2,1-3H3,(H,36,38)/t21-,24-,29+,30-/m0/s1. The lowest BCUT2D eigenvalue weighted by Gasteiger charge is -2.40. The van der Waals surface area contributed by atoms with Crippen LogP contribution in [0.15, 0.2) is 77.7 Å². The zero-order valence-electron chi connectivity index (χ0n) is 23.6. The summed E-state index contributed by atoms with van der Waals surface area (Å²) in [5.74, 6) is -1.17. The first-order valence-electron chi connectivity index (χ1n) is 13.9. The molecule has 0 saturated carbocycles. The van der Waals surface area contributed by atoms with E-state index in [2.05, 4.69) is 10.6 Å². The first-order chi connectivity index (χ1) is 19.5. The van der Waals surface area contributed by atoms with Crippen molar-refractivity contribution in [2.24, 2.45) is 11.7 Å². The Labute approximate surface area is 247 Å². The van der Waals surface area contributed by atoms with Crippen molar-refractivity contribution >= 4 is 33.2 Å². The van der Waals surface area contributed by atoms with Crippen molar-refractivity contribution in [3.8, 4) is 0 Å². The molecule has 1 aliphatic heterocycles. The van der Waals surface area contributed by atoms with Crippen molar-refractivity contribution in [2.45, 2.75) is 62.6 Å². The predicted molar refractivity (Wildman–Crippen MR) is 162 cm³/mol. The first-order valence-corrected chi connectivity index (χ1v) is 15.7. The van der Waals surface area contributed by atoms with Gasteiger partial charge in [-0.15, -0.1) is 0 Å². The second kappa shape index (κ2) is 13.4. The number of sulfonamides is 1. The molecule has 1 saturated heterocycles. The number of anilines is 1. The van der Waals surface area contributed by atoms with Crippen molar-refractivity contribution < 1.29 is 17.6 Å². The van der Waals surface area contributed by atoms with Crippen molar-refractivity contribution in [1.82, 2.24) is 9.62 Å². The number of nitrogens with zero attached hydrogens (tertiary/aromatic N) is 1. The van der Waals surface area contributed by atoms with Gasteiger partial charge in [-0.25, -0.2) is 12.8 Å². The van der Waals surface area contributed by atoms with Crippen molar-refractivity contribution in [2.75, 3.05) is 18.4 Å². The molecule has 4 rings (SSSR count). The highest BCUT2D eigenvalue weighted by atomic mass is 35.5. The van der Waals surface area contributed by atoms with Crippen LogP contribution < -0.4 is 16.4 Å². The van der Waals surface area contributed by atoms with E-state index in [1.54, 1.807) is 48.5 Å². The Morgan fingerprint density at radius 3 is 2.49 bits per heavy atom. The quantitative estimate of drug-likeness (QED) is 0.298. The summed E-state index contributed by atoms with van der Waals surface area (Å²) in [5, 5.41) is 6.71. The van der Waals surface area contributed by atoms with Gasteiger partial charge in [-0.2, -0.15) is 4.31 Å². The van der Waals surface area contributed by atoms with Crippen LogP contribution >= 0.6 is 11.6 Å². The van der Waals surface area contributed by atoms with E-state index in [-0.39, 0.29) is 29.2 Å². The van der Waals surface area contributed by atoms with E-state index in [4.69, 9.17) is 17.3 Å². The Hall–Kier alpha value is -2.82. The Kier molecular flexibility index (Phi) is 10.2. The van der Waals surface area contributed by atoms with Crippen LogP contribution in [0.5, 0.6) is 0 Å². The maximum atomic E-state index is 15.2. The van der Waals surface area contributed by atoms with Gasteiger partial charge in [-0.05, 0) is 67.6 Å². The summed E-state index contributed by atoms with van der Waals surface area (Å²) in [5.41, 5.74) is 7.97. The van der Waals surface area contributed by atoms with Crippen LogP contribution in [0.25, 0.3) is 0 Å². The normalized spacial score (nSPS) is 19.6. The second-order valence-electron chi connectivity index (χ2n) is 11.0. The number of amides is 1. The Balaban J connectivity index is 1.54. The van der Waals surface area contributed by atoms with Crippen molar-refractivity contribution in [1.29, 1.82) is 0 Å². The third-order valence-corrected chi connectivity index (χ3v) is 9.99.